The molecule has 12 heteroatoms. The molecule has 42 heavy (non-hydrogen) atoms. The van der Waals surface area contributed by atoms with E-state index in [0.29, 0.717) is 24.1 Å². The number of halogens is 3. The van der Waals surface area contributed by atoms with Gasteiger partial charge in [-0.1, -0.05) is 37.6 Å². The molecule has 1 saturated heterocycles. The van der Waals surface area contributed by atoms with Gasteiger partial charge >= 0.3 is 12.5 Å². The predicted octanol–water partition coefficient (Wildman–Crippen LogP) is 4.87. The number of hydrogen-bond donors (Lipinski definition) is 2. The second kappa shape index (κ2) is 13.2. The van der Waals surface area contributed by atoms with Crippen molar-refractivity contribution in [3.8, 4) is 0 Å². The number of amides is 3. The Hall–Kier alpha value is -4.87. The molecule has 0 saturated carbocycles. The van der Waals surface area contributed by atoms with Crippen molar-refractivity contribution in [2.24, 2.45) is 0 Å². The van der Waals surface area contributed by atoms with E-state index in [4.69, 9.17) is 4.74 Å². The van der Waals surface area contributed by atoms with Crippen LogP contribution in [0.3, 0.4) is 0 Å². The van der Waals surface area contributed by atoms with Crippen LogP contribution in [0.5, 0.6) is 0 Å². The maximum absolute atomic E-state index is 15.6. The molecule has 0 unspecified atom stereocenters. The highest BCUT2D eigenvalue weighted by Gasteiger charge is 2.34. The summed E-state index contributed by atoms with van der Waals surface area (Å²) >= 11 is 0. The Morgan fingerprint density at radius 3 is 2.50 bits per heavy atom. The summed E-state index contributed by atoms with van der Waals surface area (Å²) in [4.78, 5) is 52.3. The summed E-state index contributed by atoms with van der Waals surface area (Å²) in [6.45, 7) is 1.45. The Balaban J connectivity index is 1.61. The maximum atomic E-state index is 15.6. The first-order chi connectivity index (χ1) is 20.1. The van der Waals surface area contributed by atoms with E-state index in [0.717, 1.165) is 11.0 Å². The second-order valence-corrected chi connectivity index (χ2v) is 9.60. The molecular formula is C30H29F3N4O5. The van der Waals surface area contributed by atoms with E-state index < -0.39 is 35.8 Å². The first-order valence-corrected chi connectivity index (χ1v) is 13.2. The molecule has 2 N–H and O–H groups in total. The van der Waals surface area contributed by atoms with Crippen LogP contribution in [0.15, 0.2) is 71.5 Å². The average molecular weight is 583 g/mol. The normalized spacial score (nSPS) is 14.5. The first kappa shape index (κ1) is 30.1. The van der Waals surface area contributed by atoms with Crippen LogP contribution in [0.2, 0.25) is 0 Å². The van der Waals surface area contributed by atoms with Crippen molar-refractivity contribution in [3.63, 3.8) is 0 Å². The molecule has 1 fully saturated rings. The molecule has 3 amide bonds. The molecule has 3 aromatic carbocycles. The van der Waals surface area contributed by atoms with Gasteiger partial charge in [0, 0.05) is 18.3 Å². The number of aryl methyl sites for hydroxylation is 1. The van der Waals surface area contributed by atoms with Gasteiger partial charge in [0.25, 0.3) is 11.8 Å². The van der Waals surface area contributed by atoms with Gasteiger partial charge in [0.2, 0.25) is 5.43 Å². The average Bonchev–Trinajstić information content (AvgIpc) is 3.25. The lowest BCUT2D eigenvalue weighted by Crippen LogP contribution is -2.37. The largest absolute Gasteiger partial charge is 0.442 e. The minimum Gasteiger partial charge on any atom is -0.442 e. The fraction of sp³-hybridized carbons (Fsp3) is 0.267. The molecule has 0 radical (unpaired) electrons. The summed E-state index contributed by atoms with van der Waals surface area (Å²) in [6.07, 6.45) is -3.96. The highest BCUT2D eigenvalue weighted by Crippen LogP contribution is 2.32. The Morgan fingerprint density at radius 2 is 1.81 bits per heavy atom. The molecule has 0 aromatic heterocycles. The smallest absolute Gasteiger partial charge is 0.414 e. The van der Waals surface area contributed by atoms with Gasteiger partial charge < -0.3 is 20.3 Å². The van der Waals surface area contributed by atoms with E-state index in [1.54, 1.807) is 37.4 Å². The van der Waals surface area contributed by atoms with Crippen LogP contribution in [0.4, 0.5) is 40.7 Å². The first-order valence-electron chi connectivity index (χ1n) is 13.2. The summed E-state index contributed by atoms with van der Waals surface area (Å²) in [6, 6.07) is 17.2. The van der Waals surface area contributed by atoms with E-state index in [2.05, 4.69) is 5.32 Å². The van der Waals surface area contributed by atoms with Gasteiger partial charge in [-0.2, -0.15) is 8.78 Å². The third kappa shape index (κ3) is 6.88. The van der Waals surface area contributed by atoms with E-state index >= 15 is 4.39 Å². The van der Waals surface area contributed by atoms with E-state index in [-0.39, 0.29) is 41.6 Å². The SMILES string of the molecule is CCCc1cc(N2C[C@H](CNC(=O)C(F)F)OC2=O)cc(F)c1Nc1cc(C(=O)N(C)c2ccccc2)cccc1=O. The van der Waals surface area contributed by atoms with Crippen LogP contribution in [-0.2, 0) is 16.0 Å². The lowest BCUT2D eigenvalue weighted by atomic mass is 10.1. The molecule has 1 aliphatic rings. The Bertz CT molecular complexity index is 1540. The van der Waals surface area contributed by atoms with E-state index in [1.165, 1.54) is 29.2 Å². The van der Waals surface area contributed by atoms with Crippen molar-refractivity contribution >= 4 is 40.7 Å². The molecule has 1 atom stereocenters. The van der Waals surface area contributed by atoms with Crippen molar-refractivity contribution in [1.29, 1.82) is 0 Å². The Kier molecular flexibility index (Phi) is 9.46. The van der Waals surface area contributed by atoms with Gasteiger partial charge in [0.15, 0.2) is 0 Å². The summed E-state index contributed by atoms with van der Waals surface area (Å²) in [5.41, 5.74) is 0.975. The van der Waals surface area contributed by atoms with Crippen LogP contribution in [0.1, 0.15) is 29.3 Å². The number of nitrogens with zero attached hydrogens (tertiary/aromatic N) is 2. The van der Waals surface area contributed by atoms with Gasteiger partial charge in [0.1, 0.15) is 11.9 Å². The quantitative estimate of drug-likeness (QED) is 0.354. The number of carbonyl (C=O) groups excluding carboxylic acids is 3. The molecule has 9 nitrogen and oxygen atoms in total. The van der Waals surface area contributed by atoms with E-state index in [1.807, 2.05) is 18.3 Å². The number of alkyl halides is 2. The lowest BCUT2D eigenvalue weighted by molar-refractivity contribution is -0.132. The van der Waals surface area contributed by atoms with Gasteiger partial charge in [-0.15, -0.1) is 0 Å². The Morgan fingerprint density at radius 1 is 1.07 bits per heavy atom. The molecule has 0 bridgehead atoms. The molecule has 0 spiro atoms. The van der Waals surface area contributed by atoms with Crippen LogP contribution in [0.25, 0.3) is 0 Å². The van der Waals surface area contributed by atoms with Gasteiger partial charge in [0.05, 0.1) is 30.2 Å². The number of nitrogens with one attached hydrogen (secondary N) is 2. The van der Waals surface area contributed by atoms with Crippen molar-refractivity contribution in [2.45, 2.75) is 32.3 Å². The van der Waals surface area contributed by atoms with Crippen LogP contribution < -0.4 is 25.9 Å². The number of para-hydroxylation sites is 1. The summed E-state index contributed by atoms with van der Waals surface area (Å²) in [5, 5.41) is 4.86. The van der Waals surface area contributed by atoms with Gasteiger partial charge in [-0.25, -0.2) is 9.18 Å². The van der Waals surface area contributed by atoms with Crippen molar-refractivity contribution in [3.05, 3.63) is 93.9 Å². The highest BCUT2D eigenvalue weighted by molar-refractivity contribution is 6.06. The lowest BCUT2D eigenvalue weighted by Gasteiger charge is -2.19. The monoisotopic (exact) mass is 582 g/mol. The van der Waals surface area contributed by atoms with Crippen molar-refractivity contribution in [2.75, 3.05) is 35.3 Å². The molecule has 1 heterocycles. The zero-order chi connectivity index (χ0) is 30.4. The molecule has 4 rings (SSSR count). The number of carbonyl (C=O) groups is 3. The molecule has 0 aliphatic carbocycles. The predicted molar refractivity (Wildman–Crippen MR) is 152 cm³/mol. The number of ether oxygens (including phenoxy) is 1. The molecule has 1 aliphatic heterocycles. The summed E-state index contributed by atoms with van der Waals surface area (Å²) in [7, 11) is 1.61. The number of cyclic esters (lactones) is 1. The summed E-state index contributed by atoms with van der Waals surface area (Å²) in [5.74, 6) is -2.63. The minimum absolute atomic E-state index is 0.00650. The van der Waals surface area contributed by atoms with Crippen molar-refractivity contribution in [1.82, 2.24) is 5.32 Å². The minimum atomic E-state index is -3.20. The van der Waals surface area contributed by atoms with Crippen LogP contribution in [0, 0.1) is 5.82 Å². The molecular weight excluding hydrogens is 553 g/mol. The molecule has 220 valence electrons. The number of benzene rings is 2. The number of rotatable bonds is 10. The third-order valence-electron chi connectivity index (χ3n) is 6.61. The zero-order valence-electron chi connectivity index (χ0n) is 22.9. The topological polar surface area (TPSA) is 108 Å². The fourth-order valence-electron chi connectivity index (χ4n) is 4.47. The van der Waals surface area contributed by atoms with Crippen LogP contribution >= 0.6 is 0 Å². The van der Waals surface area contributed by atoms with E-state index in [9.17, 15) is 28.0 Å². The number of hydrogen-bond acceptors (Lipinski definition) is 6. The van der Waals surface area contributed by atoms with Gasteiger partial charge in [-0.3, -0.25) is 19.3 Å². The Labute approximate surface area is 239 Å². The number of anilines is 4. The molecule has 3 aromatic rings. The highest BCUT2D eigenvalue weighted by atomic mass is 19.3. The van der Waals surface area contributed by atoms with Crippen molar-refractivity contribution < 1.29 is 32.3 Å². The zero-order valence-corrected chi connectivity index (χ0v) is 22.9. The fourth-order valence-corrected chi connectivity index (χ4v) is 4.47. The third-order valence-corrected chi connectivity index (χ3v) is 6.61. The summed E-state index contributed by atoms with van der Waals surface area (Å²) < 4.78 is 45.7. The maximum Gasteiger partial charge on any atom is 0.414 e. The van der Waals surface area contributed by atoms with Crippen LogP contribution in [-0.4, -0.2) is 50.6 Å². The standard InChI is InChI=1S/C30H29F3N4O5/c1-3-8-18-13-21(37-17-22(42-30(37)41)16-34-28(39)27(32)33)15-23(31)26(18)35-24-14-19(9-7-12-25(24)38)29(40)36(2)20-10-5-4-6-11-20/h4-7,9-15,22,27H,3,8,16-17H2,1-2H3,(H,34,39)(H,35,38)/t22-/m0/s1. The van der Waals surface area contributed by atoms with Gasteiger partial charge in [-0.05, 0) is 54.4 Å². The second-order valence-electron chi connectivity index (χ2n) is 9.60.